The Morgan fingerprint density at radius 2 is 2.29 bits per heavy atom. The van der Waals surface area contributed by atoms with E-state index in [0.29, 0.717) is 29.4 Å². The molecule has 0 aliphatic carbocycles. The molecule has 0 aliphatic heterocycles. The first-order valence-electron chi connectivity index (χ1n) is 5.19. The Labute approximate surface area is 102 Å². The summed E-state index contributed by atoms with van der Waals surface area (Å²) in [6, 6.07) is 5.12. The Hall–Kier alpha value is -2.17. The molecule has 0 atom stereocenters. The maximum absolute atomic E-state index is 7.66. The lowest BCUT2D eigenvalue weighted by Gasteiger charge is -2.14. The van der Waals surface area contributed by atoms with Crippen molar-refractivity contribution >= 4 is 17.3 Å². The first-order chi connectivity index (χ1) is 8.08. The molecular weight excluding hydrogens is 218 g/mol. The minimum atomic E-state index is 0. The Bertz CT molecular complexity index is 435. The fourth-order valence-electron chi connectivity index (χ4n) is 1.33. The van der Waals surface area contributed by atoms with E-state index in [1.165, 1.54) is 7.11 Å². The molecule has 1 rings (SSSR count). The predicted octanol–water partition coefficient (Wildman–Crippen LogP) is 2.41. The zero-order chi connectivity index (χ0) is 12.8. The fraction of sp³-hybridized carbons (Fsp3) is 0.250. The normalized spacial score (nSPS) is 9.53. The maximum Gasteiger partial charge on any atom is 0.215 e. The number of nitrogen functional groups attached to an aromatic ring is 1. The van der Waals surface area contributed by atoms with Gasteiger partial charge in [0, 0.05) is 7.11 Å². The van der Waals surface area contributed by atoms with Crippen molar-refractivity contribution in [2.45, 2.75) is 6.92 Å². The van der Waals surface area contributed by atoms with Gasteiger partial charge in [0.05, 0.1) is 25.0 Å². The molecule has 0 spiro atoms. The summed E-state index contributed by atoms with van der Waals surface area (Å²) >= 11 is 0. The van der Waals surface area contributed by atoms with Crippen molar-refractivity contribution in [3.63, 3.8) is 0 Å². The van der Waals surface area contributed by atoms with Gasteiger partial charge in [0.2, 0.25) is 5.90 Å². The molecule has 0 saturated carbocycles. The van der Waals surface area contributed by atoms with Crippen molar-refractivity contribution in [3.05, 3.63) is 36.2 Å². The molecule has 0 aliphatic rings. The summed E-state index contributed by atoms with van der Waals surface area (Å²) in [4.78, 5) is 0. The van der Waals surface area contributed by atoms with Crippen LogP contribution in [0, 0.1) is 5.41 Å². The number of benzene rings is 1. The molecule has 1 aromatic rings. The van der Waals surface area contributed by atoms with Gasteiger partial charge >= 0.3 is 0 Å². The average molecular weight is 237 g/mol. The predicted molar refractivity (Wildman–Crippen MR) is 71.2 cm³/mol. The molecule has 5 heteroatoms. The van der Waals surface area contributed by atoms with Crippen molar-refractivity contribution in [1.29, 1.82) is 5.41 Å². The lowest BCUT2D eigenvalue weighted by molar-refractivity contribution is 0.236. The molecular formula is C12H19N3O2. The third-order valence-corrected chi connectivity index (χ3v) is 2.09. The first kappa shape index (κ1) is 12.9. The van der Waals surface area contributed by atoms with E-state index in [-0.39, 0.29) is 7.32 Å². The first-order valence-corrected chi connectivity index (χ1v) is 5.19. The lowest BCUT2D eigenvalue weighted by atomic mass is 10.1. The number of rotatable bonds is 5. The number of ether oxygens (including phenoxy) is 2. The van der Waals surface area contributed by atoms with Crippen LogP contribution in [0.3, 0.4) is 0 Å². The van der Waals surface area contributed by atoms with Gasteiger partial charge in [0.15, 0.2) is 5.88 Å². The summed E-state index contributed by atoms with van der Waals surface area (Å²) in [5, 5.41) is 10.6. The number of hydrogen-bond donors (Lipinski definition) is 3. The molecule has 0 saturated heterocycles. The van der Waals surface area contributed by atoms with Crippen LogP contribution < -0.4 is 11.1 Å². The van der Waals surface area contributed by atoms with Crippen molar-refractivity contribution in [1.82, 2.24) is 0 Å². The topological polar surface area (TPSA) is 80.4 Å². The summed E-state index contributed by atoms with van der Waals surface area (Å²) in [6.45, 7) is 6.09. The number of nitrogens with two attached hydrogens (primary N) is 1. The molecule has 0 aromatic heterocycles. The lowest BCUT2D eigenvalue weighted by Crippen LogP contribution is -2.10. The second kappa shape index (κ2) is 5.79. The highest BCUT2D eigenvalue weighted by atomic mass is 16.5. The van der Waals surface area contributed by atoms with E-state index in [1.54, 1.807) is 18.2 Å². The van der Waals surface area contributed by atoms with Gasteiger partial charge in [-0.3, -0.25) is 5.41 Å². The van der Waals surface area contributed by atoms with E-state index in [2.05, 4.69) is 11.9 Å². The Kier molecular flexibility index (Phi) is 4.39. The van der Waals surface area contributed by atoms with E-state index >= 15 is 0 Å². The highest BCUT2D eigenvalue weighted by Crippen LogP contribution is 2.21. The van der Waals surface area contributed by atoms with Gasteiger partial charge in [0.25, 0.3) is 0 Å². The highest BCUT2D eigenvalue weighted by Gasteiger charge is 2.09. The smallest absolute Gasteiger partial charge is 0.215 e. The molecule has 4 N–H and O–H groups in total. The number of hydrogen-bond acceptors (Lipinski definition) is 5. The molecule has 0 heterocycles. The van der Waals surface area contributed by atoms with Crippen molar-refractivity contribution < 1.29 is 10.9 Å². The molecule has 0 radical (unpaired) electrons. The quantitative estimate of drug-likeness (QED) is 0.318. The van der Waals surface area contributed by atoms with Gasteiger partial charge in [-0.1, -0.05) is 0 Å². The Balaban J connectivity index is 0.00000289. The van der Waals surface area contributed by atoms with Gasteiger partial charge in [-0.2, -0.15) is 0 Å². The maximum atomic E-state index is 7.66. The highest BCUT2D eigenvalue weighted by molar-refractivity contribution is 5.98. The van der Waals surface area contributed by atoms with Crippen molar-refractivity contribution in [2.75, 3.05) is 24.8 Å². The second-order valence-electron chi connectivity index (χ2n) is 3.32. The number of methoxy groups -OCH3 is 1. The second-order valence-corrected chi connectivity index (χ2v) is 3.32. The van der Waals surface area contributed by atoms with Gasteiger partial charge < -0.3 is 20.5 Å². The van der Waals surface area contributed by atoms with E-state index in [1.807, 2.05) is 6.92 Å². The molecule has 17 heavy (non-hydrogen) atoms. The zero-order valence-electron chi connectivity index (χ0n) is 10.0. The van der Waals surface area contributed by atoms with Crippen LogP contribution in [-0.2, 0) is 9.47 Å². The average Bonchev–Trinajstić information content (AvgIpc) is 2.28. The van der Waals surface area contributed by atoms with Crippen molar-refractivity contribution in [2.24, 2.45) is 0 Å². The third kappa shape index (κ3) is 3.41. The summed E-state index contributed by atoms with van der Waals surface area (Å²) < 4.78 is 10.1. The van der Waals surface area contributed by atoms with Crippen molar-refractivity contribution in [3.8, 4) is 0 Å². The van der Waals surface area contributed by atoms with E-state index in [9.17, 15) is 0 Å². The van der Waals surface area contributed by atoms with Gasteiger partial charge in [-0.05, 0) is 31.7 Å². The largest absolute Gasteiger partial charge is 0.481 e. The minimum Gasteiger partial charge on any atom is -0.481 e. The molecule has 94 valence electrons. The minimum absolute atomic E-state index is 0. The van der Waals surface area contributed by atoms with E-state index in [0.717, 1.165) is 0 Å². The van der Waals surface area contributed by atoms with Gasteiger partial charge in [-0.25, -0.2) is 0 Å². The van der Waals surface area contributed by atoms with Crippen LogP contribution in [0.15, 0.2) is 30.7 Å². The standard InChI is InChI=1S/C12H17N3O2.H2/c1-4-17-8(2)15-11-7-9(13)5-6-10(11)12(14)16-3;/h5-7,14-15H,2,4,13H2,1,3H3;1H. The van der Waals surface area contributed by atoms with Crippen LogP contribution in [0.25, 0.3) is 0 Å². The van der Waals surface area contributed by atoms with Gasteiger partial charge in [-0.15, -0.1) is 0 Å². The molecule has 0 unspecified atom stereocenters. The van der Waals surface area contributed by atoms with Crippen LogP contribution in [0.2, 0.25) is 0 Å². The molecule has 0 amide bonds. The van der Waals surface area contributed by atoms with E-state index < -0.39 is 0 Å². The summed E-state index contributed by atoms with van der Waals surface area (Å²) in [7, 11) is 1.44. The van der Waals surface area contributed by atoms with Crippen LogP contribution in [0.1, 0.15) is 13.9 Å². The van der Waals surface area contributed by atoms with E-state index in [4.69, 9.17) is 20.6 Å². The molecule has 0 fully saturated rings. The monoisotopic (exact) mass is 237 g/mol. The van der Waals surface area contributed by atoms with Crippen LogP contribution in [0.5, 0.6) is 0 Å². The SMILES string of the molecule is C=C(Nc1cc(N)ccc1C(=N)OC)OCC.[HH]. The molecule has 1 aromatic carbocycles. The van der Waals surface area contributed by atoms with Crippen LogP contribution >= 0.6 is 0 Å². The fourth-order valence-corrected chi connectivity index (χ4v) is 1.33. The van der Waals surface area contributed by atoms with Gasteiger partial charge in [0.1, 0.15) is 0 Å². The van der Waals surface area contributed by atoms with Crippen LogP contribution in [0.4, 0.5) is 11.4 Å². The summed E-state index contributed by atoms with van der Waals surface area (Å²) in [6.07, 6.45) is 0. The summed E-state index contributed by atoms with van der Waals surface area (Å²) in [5.74, 6) is 0.458. The molecule has 5 nitrogen and oxygen atoms in total. The summed E-state index contributed by atoms with van der Waals surface area (Å²) in [5.41, 5.74) is 7.52. The Morgan fingerprint density at radius 1 is 1.59 bits per heavy atom. The van der Waals surface area contributed by atoms with Crippen LogP contribution in [-0.4, -0.2) is 19.6 Å². The zero-order valence-corrected chi connectivity index (χ0v) is 10.0. The number of anilines is 2. The Morgan fingerprint density at radius 3 is 2.88 bits per heavy atom. The number of nitrogens with one attached hydrogen (secondary N) is 2. The molecule has 0 bridgehead atoms. The third-order valence-electron chi connectivity index (χ3n) is 2.09.